The highest BCUT2D eigenvalue weighted by molar-refractivity contribution is 5.28. The molecule has 0 aromatic heterocycles. The molecule has 0 saturated heterocycles. The Hall–Kier alpha value is -0.820. The van der Waals surface area contributed by atoms with E-state index in [0.29, 0.717) is 0 Å². The van der Waals surface area contributed by atoms with Crippen molar-refractivity contribution in [3.8, 4) is 0 Å². The van der Waals surface area contributed by atoms with Gasteiger partial charge >= 0.3 is 0 Å². The molecule has 1 heteroatoms. The summed E-state index contributed by atoms with van der Waals surface area (Å²) < 4.78 is 0. The molecular weight excluding hydrogens is 170 g/mol. The summed E-state index contributed by atoms with van der Waals surface area (Å²) in [5, 5.41) is 0. The van der Waals surface area contributed by atoms with Crippen LogP contribution in [0.5, 0.6) is 0 Å². The first-order valence-corrected chi connectivity index (χ1v) is 5.36. The monoisotopic (exact) mass is 191 g/mol. The van der Waals surface area contributed by atoms with Crippen LogP contribution in [0.2, 0.25) is 0 Å². The third kappa shape index (κ3) is 2.85. The summed E-state index contributed by atoms with van der Waals surface area (Å²) in [6.45, 7) is 7.39. The normalized spacial score (nSPS) is 11.7. The van der Waals surface area contributed by atoms with Gasteiger partial charge in [0.25, 0.3) is 0 Å². The molecular formula is C13H21N. The maximum atomic E-state index is 5.75. The lowest BCUT2D eigenvalue weighted by Gasteiger charge is -2.23. The lowest BCUT2D eigenvalue weighted by Crippen LogP contribution is -2.26. The Kier molecular flexibility index (Phi) is 3.70. The lowest BCUT2D eigenvalue weighted by molar-refractivity contribution is 0.375. The van der Waals surface area contributed by atoms with Gasteiger partial charge in [-0.05, 0) is 35.9 Å². The number of benzene rings is 1. The summed E-state index contributed by atoms with van der Waals surface area (Å²) in [6.07, 6.45) is 2.18. The van der Waals surface area contributed by atoms with Crippen LogP contribution in [0.1, 0.15) is 31.9 Å². The van der Waals surface area contributed by atoms with Crippen LogP contribution in [-0.2, 0) is 12.8 Å². The molecule has 0 aliphatic carbocycles. The first kappa shape index (κ1) is 11.3. The van der Waals surface area contributed by atoms with E-state index in [1.165, 1.54) is 11.1 Å². The van der Waals surface area contributed by atoms with E-state index < -0.39 is 0 Å². The van der Waals surface area contributed by atoms with Crippen molar-refractivity contribution in [3.05, 3.63) is 35.4 Å². The molecule has 1 aromatic carbocycles. The number of aryl methyl sites for hydroxylation is 1. The van der Waals surface area contributed by atoms with E-state index >= 15 is 0 Å². The Labute approximate surface area is 87.3 Å². The summed E-state index contributed by atoms with van der Waals surface area (Å²) in [7, 11) is 0. The molecule has 0 amide bonds. The SMILES string of the molecule is CCc1ccccc1CC(C)(C)CN. The van der Waals surface area contributed by atoms with E-state index in [4.69, 9.17) is 5.73 Å². The van der Waals surface area contributed by atoms with Crippen molar-refractivity contribution in [1.29, 1.82) is 0 Å². The van der Waals surface area contributed by atoms with Gasteiger partial charge in [0.15, 0.2) is 0 Å². The predicted molar refractivity (Wildman–Crippen MR) is 62.4 cm³/mol. The molecule has 0 radical (unpaired) electrons. The number of nitrogens with two attached hydrogens (primary N) is 1. The van der Waals surface area contributed by atoms with Gasteiger partial charge in [-0.1, -0.05) is 45.0 Å². The summed E-state index contributed by atoms with van der Waals surface area (Å²) >= 11 is 0. The van der Waals surface area contributed by atoms with E-state index in [-0.39, 0.29) is 5.41 Å². The van der Waals surface area contributed by atoms with Crippen molar-refractivity contribution < 1.29 is 0 Å². The predicted octanol–water partition coefficient (Wildman–Crippen LogP) is 2.78. The molecule has 1 rings (SSSR count). The molecule has 0 aliphatic heterocycles. The van der Waals surface area contributed by atoms with Gasteiger partial charge in [0, 0.05) is 0 Å². The van der Waals surface area contributed by atoms with Crippen LogP contribution in [0.15, 0.2) is 24.3 Å². The minimum Gasteiger partial charge on any atom is -0.330 e. The second kappa shape index (κ2) is 4.61. The quantitative estimate of drug-likeness (QED) is 0.778. The van der Waals surface area contributed by atoms with Gasteiger partial charge in [0.05, 0.1) is 0 Å². The fourth-order valence-corrected chi connectivity index (χ4v) is 1.66. The van der Waals surface area contributed by atoms with Gasteiger partial charge in [-0.15, -0.1) is 0 Å². The molecule has 0 aliphatic rings. The Morgan fingerprint density at radius 3 is 2.21 bits per heavy atom. The zero-order chi connectivity index (χ0) is 10.6. The molecule has 0 fully saturated rings. The molecule has 14 heavy (non-hydrogen) atoms. The Morgan fingerprint density at radius 2 is 1.71 bits per heavy atom. The minimum absolute atomic E-state index is 0.214. The van der Waals surface area contributed by atoms with Crippen LogP contribution in [-0.4, -0.2) is 6.54 Å². The van der Waals surface area contributed by atoms with Crippen molar-refractivity contribution in [3.63, 3.8) is 0 Å². The third-order valence-electron chi connectivity index (χ3n) is 2.72. The van der Waals surface area contributed by atoms with Gasteiger partial charge in [-0.3, -0.25) is 0 Å². The van der Waals surface area contributed by atoms with Gasteiger partial charge in [0.1, 0.15) is 0 Å². The molecule has 0 heterocycles. The number of rotatable bonds is 4. The Bertz CT molecular complexity index is 289. The smallest absolute Gasteiger partial charge is 0.00226 e. The maximum Gasteiger partial charge on any atom is -0.00226 e. The summed E-state index contributed by atoms with van der Waals surface area (Å²) in [5.41, 5.74) is 8.86. The highest BCUT2D eigenvalue weighted by Gasteiger charge is 2.17. The van der Waals surface area contributed by atoms with E-state index in [1.807, 2.05) is 0 Å². The molecule has 0 unspecified atom stereocenters. The van der Waals surface area contributed by atoms with Crippen molar-refractivity contribution in [2.45, 2.75) is 33.6 Å². The highest BCUT2D eigenvalue weighted by Crippen LogP contribution is 2.22. The molecule has 78 valence electrons. The van der Waals surface area contributed by atoms with Crippen molar-refractivity contribution >= 4 is 0 Å². The first-order valence-electron chi connectivity index (χ1n) is 5.36. The zero-order valence-corrected chi connectivity index (χ0v) is 9.51. The van der Waals surface area contributed by atoms with E-state index in [1.54, 1.807) is 0 Å². The van der Waals surface area contributed by atoms with E-state index in [0.717, 1.165) is 19.4 Å². The van der Waals surface area contributed by atoms with Crippen LogP contribution in [0, 0.1) is 5.41 Å². The van der Waals surface area contributed by atoms with Crippen molar-refractivity contribution in [2.75, 3.05) is 6.54 Å². The minimum atomic E-state index is 0.214. The fraction of sp³-hybridized carbons (Fsp3) is 0.538. The van der Waals surface area contributed by atoms with Gasteiger partial charge in [0.2, 0.25) is 0 Å². The van der Waals surface area contributed by atoms with Crippen molar-refractivity contribution in [1.82, 2.24) is 0 Å². The molecule has 0 spiro atoms. The standard InChI is InChI=1S/C13H21N/c1-4-11-7-5-6-8-12(11)9-13(2,3)10-14/h5-8H,4,9-10,14H2,1-3H3. The topological polar surface area (TPSA) is 26.0 Å². The van der Waals surface area contributed by atoms with Crippen LogP contribution in [0.25, 0.3) is 0 Å². The average Bonchev–Trinajstić information content (AvgIpc) is 2.18. The summed E-state index contributed by atoms with van der Waals surface area (Å²) in [5.74, 6) is 0. The third-order valence-corrected chi connectivity index (χ3v) is 2.72. The fourth-order valence-electron chi connectivity index (χ4n) is 1.66. The second-order valence-corrected chi connectivity index (χ2v) is 4.67. The van der Waals surface area contributed by atoms with Gasteiger partial charge in [-0.2, -0.15) is 0 Å². The van der Waals surface area contributed by atoms with E-state index in [2.05, 4.69) is 45.0 Å². The molecule has 0 saturated carbocycles. The molecule has 2 N–H and O–H groups in total. The first-order chi connectivity index (χ1) is 6.59. The van der Waals surface area contributed by atoms with E-state index in [9.17, 15) is 0 Å². The molecule has 1 nitrogen and oxygen atoms in total. The molecule has 0 bridgehead atoms. The Balaban J connectivity index is 2.85. The van der Waals surface area contributed by atoms with Crippen LogP contribution in [0.4, 0.5) is 0 Å². The maximum absolute atomic E-state index is 5.75. The van der Waals surface area contributed by atoms with Crippen molar-refractivity contribution in [2.24, 2.45) is 11.1 Å². The summed E-state index contributed by atoms with van der Waals surface area (Å²) in [4.78, 5) is 0. The van der Waals surface area contributed by atoms with Crippen LogP contribution in [0.3, 0.4) is 0 Å². The van der Waals surface area contributed by atoms with Crippen LogP contribution < -0.4 is 5.73 Å². The molecule has 1 aromatic rings. The van der Waals surface area contributed by atoms with Gasteiger partial charge in [-0.25, -0.2) is 0 Å². The highest BCUT2D eigenvalue weighted by atomic mass is 14.6. The zero-order valence-electron chi connectivity index (χ0n) is 9.51. The Morgan fingerprint density at radius 1 is 1.14 bits per heavy atom. The van der Waals surface area contributed by atoms with Crippen LogP contribution >= 0.6 is 0 Å². The average molecular weight is 191 g/mol. The summed E-state index contributed by atoms with van der Waals surface area (Å²) in [6, 6.07) is 8.65. The lowest BCUT2D eigenvalue weighted by atomic mass is 9.84. The number of hydrogen-bond acceptors (Lipinski definition) is 1. The molecule has 0 atom stereocenters. The van der Waals surface area contributed by atoms with Gasteiger partial charge < -0.3 is 5.73 Å². The number of hydrogen-bond donors (Lipinski definition) is 1. The second-order valence-electron chi connectivity index (χ2n) is 4.67. The largest absolute Gasteiger partial charge is 0.330 e.